The predicted octanol–water partition coefficient (Wildman–Crippen LogP) is 4.74. The maximum absolute atomic E-state index is 12.2. The van der Waals surface area contributed by atoms with E-state index in [4.69, 9.17) is 4.74 Å². The maximum Gasteiger partial charge on any atom is 0.418 e. The van der Waals surface area contributed by atoms with E-state index in [0.717, 1.165) is 11.1 Å². The Morgan fingerprint density at radius 1 is 1.13 bits per heavy atom. The van der Waals surface area contributed by atoms with Crippen LogP contribution in [0.1, 0.15) is 26.3 Å². The zero-order chi connectivity index (χ0) is 16.8. The van der Waals surface area contributed by atoms with Crippen LogP contribution in [0.15, 0.2) is 42.9 Å². The molecule has 0 saturated carbocycles. The molecule has 3 rings (SSSR count). The Balaban J connectivity index is 2.01. The van der Waals surface area contributed by atoms with Crippen LogP contribution in [0.5, 0.6) is 0 Å². The number of hydrogen-bond donors (Lipinski definition) is 0. The second-order valence-corrected chi connectivity index (χ2v) is 6.96. The first-order valence-electron chi connectivity index (χ1n) is 7.72. The number of carbonyl (C=O) groups is 1. The number of benzene rings is 1. The number of rotatable bonds is 1. The summed E-state index contributed by atoms with van der Waals surface area (Å²) in [4.78, 5) is 12.2. The second kappa shape index (κ2) is 5.30. The summed E-state index contributed by atoms with van der Waals surface area (Å²) >= 11 is 0. The van der Waals surface area contributed by atoms with E-state index in [2.05, 4.69) is 35.9 Å². The fourth-order valence-corrected chi connectivity index (χ4v) is 2.72. The summed E-state index contributed by atoms with van der Waals surface area (Å²) in [6.07, 6.45) is 5.31. The number of ether oxygens (including phenoxy) is 1. The topological polar surface area (TPSA) is 36.2 Å². The zero-order valence-electron chi connectivity index (χ0n) is 14.3. The van der Waals surface area contributed by atoms with Crippen molar-refractivity contribution in [2.75, 3.05) is 0 Å². The van der Waals surface area contributed by atoms with Crippen molar-refractivity contribution in [2.45, 2.75) is 33.3 Å². The molecule has 0 aliphatic rings. The molecule has 0 aliphatic heterocycles. The van der Waals surface area contributed by atoms with Crippen LogP contribution in [-0.2, 0) is 11.8 Å². The van der Waals surface area contributed by atoms with Crippen molar-refractivity contribution in [3.63, 3.8) is 0 Å². The Hall–Kier alpha value is -2.49. The van der Waals surface area contributed by atoms with Gasteiger partial charge in [0.1, 0.15) is 5.60 Å². The minimum atomic E-state index is -0.502. The Labute approximate surface area is 136 Å². The van der Waals surface area contributed by atoms with Gasteiger partial charge < -0.3 is 9.30 Å². The van der Waals surface area contributed by atoms with Crippen molar-refractivity contribution in [3.05, 3.63) is 48.4 Å². The molecule has 0 unspecified atom stereocenters. The molecule has 2 aromatic heterocycles. The van der Waals surface area contributed by atoms with E-state index in [-0.39, 0.29) is 6.09 Å². The van der Waals surface area contributed by atoms with Gasteiger partial charge in [0.15, 0.2) is 0 Å². The fraction of sp³-hybridized carbons (Fsp3) is 0.316. The summed E-state index contributed by atoms with van der Waals surface area (Å²) in [7, 11) is 2.03. The summed E-state index contributed by atoms with van der Waals surface area (Å²) in [5.74, 6) is 0. The van der Waals surface area contributed by atoms with E-state index in [9.17, 15) is 4.79 Å². The molecule has 1 aromatic carbocycles. The van der Waals surface area contributed by atoms with Crippen LogP contribution in [0, 0.1) is 6.92 Å². The highest BCUT2D eigenvalue weighted by atomic mass is 16.6. The highest BCUT2D eigenvalue weighted by Crippen LogP contribution is 2.31. The Morgan fingerprint density at radius 2 is 1.87 bits per heavy atom. The van der Waals surface area contributed by atoms with Crippen LogP contribution in [-0.4, -0.2) is 20.8 Å². The first-order valence-corrected chi connectivity index (χ1v) is 7.72. The van der Waals surface area contributed by atoms with Crippen LogP contribution in [0.4, 0.5) is 4.79 Å². The monoisotopic (exact) mass is 310 g/mol. The molecule has 2 heterocycles. The SMILES string of the molecule is Cc1ccc2c(c1)c(-c1ccn(C(=O)OC(C)(C)C)c1)cn2C. The minimum absolute atomic E-state index is 0.361. The maximum atomic E-state index is 12.2. The first kappa shape index (κ1) is 15.4. The van der Waals surface area contributed by atoms with Gasteiger partial charge in [0.25, 0.3) is 0 Å². The molecule has 0 fully saturated rings. The Kier molecular flexibility index (Phi) is 3.55. The van der Waals surface area contributed by atoms with E-state index in [0.29, 0.717) is 0 Å². The molecule has 0 N–H and O–H groups in total. The number of fused-ring (bicyclic) bond motifs is 1. The van der Waals surface area contributed by atoms with Gasteiger partial charge in [-0.3, -0.25) is 4.57 Å². The second-order valence-electron chi connectivity index (χ2n) is 6.96. The largest absolute Gasteiger partial charge is 0.443 e. The molecular formula is C19H22N2O2. The first-order chi connectivity index (χ1) is 10.7. The van der Waals surface area contributed by atoms with Gasteiger partial charge in [-0.2, -0.15) is 0 Å². The normalized spacial score (nSPS) is 11.9. The van der Waals surface area contributed by atoms with E-state index >= 15 is 0 Å². The molecule has 120 valence electrons. The third-order valence-corrected chi connectivity index (χ3v) is 3.75. The lowest BCUT2D eigenvalue weighted by molar-refractivity contribution is 0.0537. The average Bonchev–Trinajstić information content (AvgIpc) is 3.02. The van der Waals surface area contributed by atoms with Crippen molar-refractivity contribution in [1.82, 2.24) is 9.13 Å². The lowest BCUT2D eigenvalue weighted by Gasteiger charge is -2.19. The highest BCUT2D eigenvalue weighted by Gasteiger charge is 2.18. The van der Waals surface area contributed by atoms with Crippen LogP contribution in [0.3, 0.4) is 0 Å². The van der Waals surface area contributed by atoms with Crippen LogP contribution in [0.25, 0.3) is 22.0 Å². The lowest BCUT2D eigenvalue weighted by atomic mass is 10.1. The zero-order valence-corrected chi connectivity index (χ0v) is 14.3. The molecule has 23 heavy (non-hydrogen) atoms. The Morgan fingerprint density at radius 3 is 2.57 bits per heavy atom. The summed E-state index contributed by atoms with van der Waals surface area (Å²) in [6.45, 7) is 7.68. The number of aromatic nitrogens is 2. The van der Waals surface area contributed by atoms with Crippen molar-refractivity contribution < 1.29 is 9.53 Å². The number of carbonyl (C=O) groups excluding carboxylic acids is 1. The third-order valence-electron chi connectivity index (χ3n) is 3.75. The molecule has 0 atom stereocenters. The lowest BCUT2D eigenvalue weighted by Crippen LogP contribution is -2.26. The molecule has 0 aliphatic carbocycles. The molecule has 0 amide bonds. The molecule has 3 aromatic rings. The summed E-state index contributed by atoms with van der Waals surface area (Å²) < 4.78 is 9.00. The van der Waals surface area contributed by atoms with Crippen molar-refractivity contribution in [1.29, 1.82) is 0 Å². The van der Waals surface area contributed by atoms with Crippen molar-refractivity contribution >= 4 is 17.0 Å². The number of nitrogens with zero attached hydrogens (tertiary/aromatic N) is 2. The predicted molar refractivity (Wildman–Crippen MR) is 92.7 cm³/mol. The smallest absolute Gasteiger partial charge is 0.418 e. The van der Waals surface area contributed by atoms with E-state index < -0.39 is 5.60 Å². The molecule has 4 heteroatoms. The molecule has 0 saturated heterocycles. The van der Waals surface area contributed by atoms with Gasteiger partial charge in [0.2, 0.25) is 0 Å². The Bertz CT molecular complexity index is 879. The molecule has 0 spiro atoms. The van der Waals surface area contributed by atoms with Gasteiger partial charge in [0, 0.05) is 47.7 Å². The third kappa shape index (κ3) is 3.02. The van der Waals surface area contributed by atoms with Gasteiger partial charge in [0.05, 0.1) is 0 Å². The quantitative estimate of drug-likeness (QED) is 0.651. The molecular weight excluding hydrogens is 288 g/mol. The summed E-state index contributed by atoms with van der Waals surface area (Å²) in [5, 5.41) is 1.19. The van der Waals surface area contributed by atoms with E-state index in [1.165, 1.54) is 21.0 Å². The van der Waals surface area contributed by atoms with E-state index in [1.807, 2.05) is 40.1 Å². The van der Waals surface area contributed by atoms with Gasteiger partial charge in [-0.05, 0) is 45.9 Å². The van der Waals surface area contributed by atoms with Crippen LogP contribution >= 0.6 is 0 Å². The van der Waals surface area contributed by atoms with Gasteiger partial charge in [-0.15, -0.1) is 0 Å². The highest BCUT2D eigenvalue weighted by molar-refractivity contribution is 5.96. The van der Waals surface area contributed by atoms with Gasteiger partial charge in [-0.25, -0.2) is 4.79 Å². The summed E-state index contributed by atoms with van der Waals surface area (Å²) in [5.41, 5.74) is 4.02. The van der Waals surface area contributed by atoms with Gasteiger partial charge >= 0.3 is 6.09 Å². The minimum Gasteiger partial charge on any atom is -0.443 e. The average molecular weight is 310 g/mol. The van der Waals surface area contributed by atoms with Crippen molar-refractivity contribution in [2.24, 2.45) is 7.05 Å². The van der Waals surface area contributed by atoms with Crippen molar-refractivity contribution in [3.8, 4) is 11.1 Å². The fourth-order valence-electron chi connectivity index (χ4n) is 2.72. The van der Waals surface area contributed by atoms with Crippen LogP contribution < -0.4 is 0 Å². The number of aryl methyl sites for hydroxylation is 2. The van der Waals surface area contributed by atoms with Crippen LogP contribution in [0.2, 0.25) is 0 Å². The van der Waals surface area contributed by atoms with Gasteiger partial charge in [-0.1, -0.05) is 11.6 Å². The molecule has 0 radical (unpaired) electrons. The molecule has 4 nitrogen and oxygen atoms in total. The number of hydrogen-bond acceptors (Lipinski definition) is 2. The standard InChI is InChI=1S/C19H22N2O2/c1-13-6-7-17-15(10-13)16(12-20(17)5)14-8-9-21(11-14)18(22)23-19(2,3)4/h6-12H,1-5H3. The van der Waals surface area contributed by atoms with E-state index in [1.54, 1.807) is 6.20 Å². The molecule has 0 bridgehead atoms. The summed E-state index contributed by atoms with van der Waals surface area (Å²) in [6, 6.07) is 8.35.